The van der Waals surface area contributed by atoms with Gasteiger partial charge in [-0.15, -0.1) is 0 Å². The maximum Gasteiger partial charge on any atom is 0.105 e. The van der Waals surface area contributed by atoms with E-state index >= 15 is 0 Å². The minimum absolute atomic E-state index is 0.00491. The van der Waals surface area contributed by atoms with Gasteiger partial charge in [0.1, 0.15) is 5.50 Å². The number of hydrogen-bond acceptors (Lipinski definition) is 4. The first kappa shape index (κ1) is 20.0. The molecule has 1 aliphatic carbocycles. The second-order valence-corrected chi connectivity index (χ2v) is 10.4. The summed E-state index contributed by atoms with van der Waals surface area (Å²) in [5, 5.41) is 17.6. The van der Waals surface area contributed by atoms with E-state index in [1.165, 1.54) is 12.1 Å². The monoisotopic (exact) mass is 378 g/mol. The van der Waals surface area contributed by atoms with Crippen molar-refractivity contribution in [1.82, 2.24) is 15.5 Å². The van der Waals surface area contributed by atoms with Gasteiger partial charge in [0.05, 0.1) is 18.2 Å². The van der Waals surface area contributed by atoms with Gasteiger partial charge in [-0.3, -0.25) is 5.32 Å². The second kappa shape index (κ2) is 7.34. The number of nitrogens with one attached hydrogen (secondary N) is 2. The third-order valence-electron chi connectivity index (χ3n) is 6.22. The van der Waals surface area contributed by atoms with Crippen molar-refractivity contribution in [1.29, 1.82) is 5.26 Å². The van der Waals surface area contributed by atoms with E-state index in [1.807, 2.05) is 0 Å². The van der Waals surface area contributed by atoms with Crippen LogP contribution in [0.3, 0.4) is 0 Å². The summed E-state index contributed by atoms with van der Waals surface area (Å²) in [4.78, 5) is 2.34. The topological polar surface area (TPSA) is 51.1 Å². The minimum atomic E-state index is -0.0346. The van der Waals surface area contributed by atoms with Gasteiger partial charge in [0.25, 0.3) is 0 Å². The standard InChI is InChI=1S/C21H35ClN4/c1-14-10-18(22)26(16-8-6-7-9-16)19(17(14)13-23)24-15-11-20(2,3)25-21(4,5)12-15/h8,14-15,17-19,24-25H,6-7,9-12H2,1-5H3. The molecule has 3 aliphatic rings. The summed E-state index contributed by atoms with van der Waals surface area (Å²) in [5.41, 5.74) is 1.47. The smallest absolute Gasteiger partial charge is 0.105 e. The molecular formula is C21H35ClN4. The Bertz CT molecular complexity index is 575. The molecule has 2 N–H and O–H groups in total. The number of alkyl halides is 1. The Balaban J connectivity index is 1.86. The highest BCUT2D eigenvalue weighted by Crippen LogP contribution is 2.39. The van der Waals surface area contributed by atoms with Gasteiger partial charge in [-0.2, -0.15) is 5.26 Å². The third kappa shape index (κ3) is 4.21. The largest absolute Gasteiger partial charge is 0.342 e. The van der Waals surface area contributed by atoms with Crippen molar-refractivity contribution >= 4 is 11.6 Å². The van der Waals surface area contributed by atoms with Gasteiger partial charge in [0.15, 0.2) is 0 Å². The third-order valence-corrected chi connectivity index (χ3v) is 6.60. The molecule has 4 unspecified atom stereocenters. The average Bonchev–Trinajstić information content (AvgIpc) is 2.97. The molecule has 0 aromatic carbocycles. The van der Waals surface area contributed by atoms with Gasteiger partial charge >= 0.3 is 0 Å². The summed E-state index contributed by atoms with van der Waals surface area (Å²) in [6, 6.07) is 2.98. The van der Waals surface area contributed by atoms with Crippen LogP contribution in [0.2, 0.25) is 0 Å². The van der Waals surface area contributed by atoms with Gasteiger partial charge in [0.2, 0.25) is 0 Å². The molecule has 0 bridgehead atoms. The van der Waals surface area contributed by atoms with Crippen LogP contribution in [0.4, 0.5) is 0 Å². The van der Waals surface area contributed by atoms with Crippen LogP contribution in [0.15, 0.2) is 11.8 Å². The Morgan fingerprint density at radius 3 is 2.46 bits per heavy atom. The van der Waals surface area contributed by atoms with Crippen molar-refractivity contribution in [2.24, 2.45) is 11.8 Å². The second-order valence-electron chi connectivity index (χ2n) is 9.91. The number of halogens is 1. The zero-order chi connectivity index (χ0) is 19.1. The van der Waals surface area contributed by atoms with E-state index in [0.29, 0.717) is 12.0 Å². The zero-order valence-corrected chi connectivity index (χ0v) is 17.7. The molecule has 3 rings (SSSR count). The molecular weight excluding hydrogens is 344 g/mol. The summed E-state index contributed by atoms with van der Waals surface area (Å²) < 4.78 is 0. The SMILES string of the molecule is CC1CC(Cl)N(C2=CCCC2)C(NC2CC(C)(C)NC(C)(C)C2)C1C#N. The molecule has 0 aromatic rings. The Labute approximate surface area is 164 Å². The summed E-state index contributed by atoms with van der Waals surface area (Å²) in [5.74, 6) is 0.272. The first-order chi connectivity index (χ1) is 12.1. The summed E-state index contributed by atoms with van der Waals surface area (Å²) in [7, 11) is 0. The van der Waals surface area contributed by atoms with E-state index in [1.54, 1.807) is 0 Å². The van der Waals surface area contributed by atoms with Crippen LogP contribution >= 0.6 is 11.6 Å². The predicted molar refractivity (Wildman–Crippen MR) is 108 cm³/mol. The molecule has 26 heavy (non-hydrogen) atoms. The molecule has 2 saturated heterocycles. The van der Waals surface area contributed by atoms with E-state index in [0.717, 1.165) is 32.1 Å². The Kier molecular flexibility index (Phi) is 5.64. The molecule has 2 aliphatic heterocycles. The van der Waals surface area contributed by atoms with Crippen LogP contribution in [0.25, 0.3) is 0 Å². The molecule has 0 radical (unpaired) electrons. The molecule has 4 atom stereocenters. The summed E-state index contributed by atoms with van der Waals surface area (Å²) in [6.07, 6.45) is 8.72. The van der Waals surface area contributed by atoms with E-state index in [9.17, 15) is 5.26 Å². The summed E-state index contributed by atoms with van der Waals surface area (Å²) in [6.45, 7) is 11.3. The van der Waals surface area contributed by atoms with Crippen LogP contribution in [0.5, 0.6) is 0 Å². The fourth-order valence-corrected chi connectivity index (χ4v) is 6.06. The molecule has 2 heterocycles. The van der Waals surface area contributed by atoms with Crippen molar-refractivity contribution in [3.8, 4) is 6.07 Å². The lowest BCUT2D eigenvalue weighted by atomic mass is 9.78. The van der Waals surface area contributed by atoms with Crippen LogP contribution in [0.1, 0.15) is 73.1 Å². The number of hydrogen-bond donors (Lipinski definition) is 2. The fourth-order valence-electron chi connectivity index (χ4n) is 5.54. The molecule has 2 fully saturated rings. The highest BCUT2D eigenvalue weighted by atomic mass is 35.5. The van der Waals surface area contributed by atoms with Crippen molar-refractivity contribution in [3.63, 3.8) is 0 Å². The lowest BCUT2D eigenvalue weighted by Crippen LogP contribution is -2.66. The normalized spacial score (nSPS) is 37.3. The maximum absolute atomic E-state index is 9.92. The van der Waals surface area contributed by atoms with Crippen LogP contribution in [-0.4, -0.2) is 33.7 Å². The first-order valence-electron chi connectivity index (χ1n) is 10.2. The zero-order valence-electron chi connectivity index (χ0n) is 17.0. The molecule has 4 nitrogen and oxygen atoms in total. The van der Waals surface area contributed by atoms with Crippen molar-refractivity contribution in [3.05, 3.63) is 11.8 Å². The van der Waals surface area contributed by atoms with E-state index in [2.05, 4.69) is 62.3 Å². The lowest BCUT2D eigenvalue weighted by molar-refractivity contribution is 0.0411. The Hall–Kier alpha value is -0.760. The number of likely N-dealkylation sites (tertiary alicyclic amines) is 1. The first-order valence-corrected chi connectivity index (χ1v) is 10.6. The molecule has 0 aromatic heterocycles. The molecule has 0 saturated carbocycles. The van der Waals surface area contributed by atoms with Gasteiger partial charge in [-0.05, 0) is 72.1 Å². The molecule has 5 heteroatoms. The maximum atomic E-state index is 9.92. The molecule has 146 valence electrons. The fraction of sp³-hybridized carbons (Fsp3) is 0.857. The number of rotatable bonds is 3. The quantitative estimate of drug-likeness (QED) is 0.567. The van der Waals surface area contributed by atoms with Crippen molar-refractivity contribution in [2.45, 2.75) is 102 Å². The highest BCUT2D eigenvalue weighted by Gasteiger charge is 2.45. The Morgan fingerprint density at radius 1 is 1.27 bits per heavy atom. The van der Waals surface area contributed by atoms with Gasteiger partial charge in [0, 0.05) is 22.8 Å². The van der Waals surface area contributed by atoms with Gasteiger partial charge in [-0.25, -0.2) is 0 Å². The number of allylic oxidation sites excluding steroid dienone is 2. The van der Waals surface area contributed by atoms with Crippen LogP contribution < -0.4 is 10.6 Å². The average molecular weight is 379 g/mol. The van der Waals surface area contributed by atoms with Crippen LogP contribution in [-0.2, 0) is 0 Å². The van der Waals surface area contributed by atoms with Crippen molar-refractivity contribution in [2.75, 3.05) is 0 Å². The van der Waals surface area contributed by atoms with E-state index in [-0.39, 0.29) is 28.7 Å². The number of nitrogens with zero attached hydrogens (tertiary/aromatic N) is 2. The number of nitriles is 1. The van der Waals surface area contributed by atoms with E-state index < -0.39 is 0 Å². The van der Waals surface area contributed by atoms with Crippen molar-refractivity contribution < 1.29 is 0 Å². The lowest BCUT2D eigenvalue weighted by Gasteiger charge is -2.52. The van der Waals surface area contributed by atoms with Gasteiger partial charge in [-0.1, -0.05) is 24.6 Å². The van der Waals surface area contributed by atoms with Crippen LogP contribution in [0, 0.1) is 23.2 Å². The molecule has 0 spiro atoms. The summed E-state index contributed by atoms with van der Waals surface area (Å²) >= 11 is 6.83. The Morgan fingerprint density at radius 2 is 1.92 bits per heavy atom. The highest BCUT2D eigenvalue weighted by molar-refractivity contribution is 6.20. The molecule has 0 amide bonds. The van der Waals surface area contributed by atoms with Gasteiger partial charge < -0.3 is 10.2 Å². The minimum Gasteiger partial charge on any atom is -0.342 e. The van der Waals surface area contributed by atoms with E-state index in [4.69, 9.17) is 11.6 Å². The number of piperidine rings is 2. The predicted octanol–water partition coefficient (Wildman–Crippen LogP) is 4.33.